The Hall–Kier alpha value is -3.10. The van der Waals surface area contributed by atoms with Crippen molar-refractivity contribution in [3.8, 4) is 0 Å². The number of aromatic nitrogens is 4. The molecule has 146 valence electrons. The van der Waals surface area contributed by atoms with Gasteiger partial charge in [-0.15, -0.1) is 0 Å². The van der Waals surface area contributed by atoms with Crippen LogP contribution in [0.3, 0.4) is 0 Å². The molecular weight excluding hydrogens is 358 g/mol. The zero-order valence-electron chi connectivity index (χ0n) is 15.7. The second-order valence-corrected chi connectivity index (χ2v) is 7.25. The molecule has 2 heterocycles. The van der Waals surface area contributed by atoms with E-state index < -0.39 is 0 Å². The van der Waals surface area contributed by atoms with Crippen LogP contribution in [0.5, 0.6) is 0 Å². The summed E-state index contributed by atoms with van der Waals surface area (Å²) in [6, 6.07) is -0.202. The van der Waals surface area contributed by atoms with Gasteiger partial charge < -0.3 is 16.0 Å². The molecule has 0 saturated heterocycles. The molecule has 0 unspecified atom stereocenters. The Morgan fingerprint density at radius 1 is 1.07 bits per heavy atom. The highest BCUT2D eigenvalue weighted by Gasteiger charge is 2.35. The first-order valence-corrected chi connectivity index (χ1v) is 9.57. The summed E-state index contributed by atoms with van der Waals surface area (Å²) in [5, 5.41) is 8.75. The lowest BCUT2D eigenvalue weighted by Gasteiger charge is -2.20. The summed E-state index contributed by atoms with van der Waals surface area (Å²) in [6.07, 6.45) is 10.9. The van der Waals surface area contributed by atoms with Crippen molar-refractivity contribution in [2.24, 2.45) is 5.92 Å². The van der Waals surface area contributed by atoms with E-state index in [1.54, 1.807) is 25.6 Å². The third kappa shape index (κ3) is 3.92. The van der Waals surface area contributed by atoms with E-state index in [1.165, 1.54) is 6.33 Å². The molecule has 4 rings (SSSR count). The van der Waals surface area contributed by atoms with Crippen LogP contribution in [0.4, 0.5) is 11.5 Å². The van der Waals surface area contributed by atoms with Crippen molar-refractivity contribution in [1.82, 2.24) is 30.6 Å². The van der Waals surface area contributed by atoms with E-state index in [2.05, 4.69) is 35.9 Å². The molecule has 2 atom stereocenters. The monoisotopic (exact) mass is 381 g/mol. The molecule has 2 aromatic rings. The van der Waals surface area contributed by atoms with E-state index >= 15 is 0 Å². The number of hydrogen-bond donors (Lipinski definition) is 3. The van der Waals surface area contributed by atoms with Gasteiger partial charge in [0, 0.05) is 19.0 Å². The lowest BCUT2D eigenvalue weighted by Crippen LogP contribution is -2.43. The van der Waals surface area contributed by atoms with E-state index in [-0.39, 0.29) is 29.5 Å². The minimum atomic E-state index is -0.324. The first-order chi connectivity index (χ1) is 13.7. The Bertz CT molecular complexity index is 870. The van der Waals surface area contributed by atoms with Gasteiger partial charge >= 0.3 is 0 Å². The van der Waals surface area contributed by atoms with Crippen LogP contribution < -0.4 is 16.0 Å². The lowest BCUT2D eigenvalue weighted by molar-refractivity contribution is -0.124. The van der Waals surface area contributed by atoms with Gasteiger partial charge in [0.2, 0.25) is 5.91 Å². The Kier molecular flexibility index (Phi) is 5.14. The quantitative estimate of drug-likeness (QED) is 0.694. The van der Waals surface area contributed by atoms with Crippen molar-refractivity contribution in [2.45, 2.75) is 44.1 Å². The predicted molar refractivity (Wildman–Crippen MR) is 102 cm³/mol. The maximum Gasteiger partial charge on any atom is 0.273 e. The molecule has 2 aliphatic rings. The van der Waals surface area contributed by atoms with Gasteiger partial charge in [-0.3, -0.25) is 9.59 Å². The van der Waals surface area contributed by atoms with Crippen LogP contribution in [-0.4, -0.2) is 44.8 Å². The summed E-state index contributed by atoms with van der Waals surface area (Å²) in [4.78, 5) is 42.1. The van der Waals surface area contributed by atoms with Crippen molar-refractivity contribution in [1.29, 1.82) is 0 Å². The maximum absolute atomic E-state index is 13.0. The van der Waals surface area contributed by atoms with E-state index in [9.17, 15) is 9.59 Å². The summed E-state index contributed by atoms with van der Waals surface area (Å²) in [6.45, 7) is 0. The molecule has 2 amide bonds. The minimum Gasteiger partial charge on any atom is -0.359 e. The molecule has 0 aliphatic heterocycles. The van der Waals surface area contributed by atoms with Gasteiger partial charge in [0.05, 0.1) is 35.9 Å². The molecule has 9 heteroatoms. The fraction of sp³-hybridized carbons (Fsp3) is 0.474. The Morgan fingerprint density at radius 2 is 1.86 bits per heavy atom. The average Bonchev–Trinajstić information content (AvgIpc) is 3.47. The summed E-state index contributed by atoms with van der Waals surface area (Å²) in [7, 11) is 1.62. The topological polar surface area (TPSA) is 122 Å². The number of carbonyl (C=O) groups excluding carboxylic acids is 2. The van der Waals surface area contributed by atoms with Crippen LogP contribution in [-0.2, 0) is 4.79 Å². The van der Waals surface area contributed by atoms with Crippen LogP contribution in [0.1, 0.15) is 54.2 Å². The van der Waals surface area contributed by atoms with Crippen LogP contribution in [0.15, 0.2) is 24.9 Å². The van der Waals surface area contributed by atoms with Gasteiger partial charge in [0.25, 0.3) is 5.91 Å². The fourth-order valence-electron chi connectivity index (χ4n) is 3.60. The third-order valence-electron chi connectivity index (χ3n) is 5.24. The molecule has 9 nitrogen and oxygen atoms in total. The highest BCUT2D eigenvalue weighted by atomic mass is 16.2. The first kappa shape index (κ1) is 18.3. The zero-order valence-corrected chi connectivity index (χ0v) is 15.7. The molecule has 2 saturated carbocycles. The van der Waals surface area contributed by atoms with E-state index in [0.717, 1.165) is 37.8 Å². The number of nitrogens with one attached hydrogen (secondary N) is 3. The largest absolute Gasteiger partial charge is 0.359 e. The third-order valence-corrected chi connectivity index (χ3v) is 5.24. The highest BCUT2D eigenvalue weighted by Crippen LogP contribution is 2.39. The standard InChI is InChI=1S/C19H23N7O2/c1-20-18(27)13-3-2-4-14(13)26-19(28)16-17(24-12-7-21-10-22-8-12)23-9-15(25-16)11-5-6-11/h7-11,13-14H,2-6H2,1H3,(H,20,27)(H,23,24)(H,26,28)/t13-,14-/m1/s1. The van der Waals surface area contributed by atoms with Crippen LogP contribution >= 0.6 is 0 Å². The van der Waals surface area contributed by atoms with Gasteiger partial charge in [-0.2, -0.15) is 0 Å². The number of anilines is 2. The summed E-state index contributed by atoms with van der Waals surface area (Å²) >= 11 is 0. The smallest absolute Gasteiger partial charge is 0.273 e. The number of carbonyl (C=O) groups is 2. The van der Waals surface area contributed by atoms with E-state index in [0.29, 0.717) is 17.4 Å². The van der Waals surface area contributed by atoms with Gasteiger partial charge in [0.15, 0.2) is 11.5 Å². The molecule has 2 fully saturated rings. The molecule has 2 aromatic heterocycles. The number of hydrogen-bond acceptors (Lipinski definition) is 7. The second kappa shape index (κ2) is 7.87. The molecule has 3 N–H and O–H groups in total. The Labute approximate surface area is 162 Å². The molecule has 2 aliphatic carbocycles. The molecule has 28 heavy (non-hydrogen) atoms. The lowest BCUT2D eigenvalue weighted by atomic mass is 10.0. The van der Waals surface area contributed by atoms with Crippen molar-refractivity contribution in [3.05, 3.63) is 36.3 Å². The molecule has 0 spiro atoms. The van der Waals surface area contributed by atoms with Gasteiger partial charge in [0.1, 0.15) is 6.33 Å². The van der Waals surface area contributed by atoms with Crippen molar-refractivity contribution in [2.75, 3.05) is 12.4 Å². The van der Waals surface area contributed by atoms with Gasteiger partial charge in [-0.1, -0.05) is 6.42 Å². The Morgan fingerprint density at radius 3 is 2.57 bits per heavy atom. The summed E-state index contributed by atoms with van der Waals surface area (Å²) in [5.74, 6) is 0.146. The SMILES string of the molecule is CNC(=O)[C@@H]1CCC[C@H]1NC(=O)c1nc(C2CC2)cnc1Nc1cncnc1. The Balaban J connectivity index is 1.58. The zero-order chi connectivity index (χ0) is 19.5. The van der Waals surface area contributed by atoms with Gasteiger partial charge in [-0.05, 0) is 25.7 Å². The minimum absolute atomic E-state index is 0.0413. The molecule has 0 bridgehead atoms. The van der Waals surface area contributed by atoms with Crippen LogP contribution in [0.2, 0.25) is 0 Å². The number of rotatable bonds is 6. The maximum atomic E-state index is 13.0. The normalized spacial score (nSPS) is 21.2. The molecule has 0 radical (unpaired) electrons. The van der Waals surface area contributed by atoms with Gasteiger partial charge in [-0.25, -0.2) is 19.9 Å². The van der Waals surface area contributed by atoms with Crippen molar-refractivity contribution < 1.29 is 9.59 Å². The van der Waals surface area contributed by atoms with E-state index in [4.69, 9.17) is 0 Å². The number of nitrogens with zero attached hydrogens (tertiary/aromatic N) is 4. The molecular formula is C19H23N7O2. The predicted octanol–water partition coefficient (Wildman–Crippen LogP) is 1.53. The van der Waals surface area contributed by atoms with Crippen LogP contribution in [0, 0.1) is 5.92 Å². The number of amides is 2. The average molecular weight is 381 g/mol. The van der Waals surface area contributed by atoms with Crippen molar-refractivity contribution in [3.63, 3.8) is 0 Å². The second-order valence-electron chi connectivity index (χ2n) is 7.25. The van der Waals surface area contributed by atoms with Crippen LogP contribution in [0.25, 0.3) is 0 Å². The molecule has 0 aromatic carbocycles. The summed E-state index contributed by atoms with van der Waals surface area (Å²) in [5.41, 5.74) is 1.68. The van der Waals surface area contributed by atoms with Crippen molar-refractivity contribution >= 4 is 23.3 Å². The van der Waals surface area contributed by atoms with E-state index in [1.807, 2.05) is 0 Å². The fourth-order valence-corrected chi connectivity index (χ4v) is 3.60. The first-order valence-electron chi connectivity index (χ1n) is 9.57. The highest BCUT2D eigenvalue weighted by molar-refractivity contribution is 5.98. The summed E-state index contributed by atoms with van der Waals surface area (Å²) < 4.78 is 0.